The second kappa shape index (κ2) is 7.18. The molecule has 0 saturated heterocycles. The van der Waals surface area contributed by atoms with Crippen molar-refractivity contribution >= 4 is 24.8 Å². The minimum Gasteiger partial charge on any atom is -0.147 e. The molecule has 0 aromatic heterocycles. The van der Waals surface area contributed by atoms with E-state index in [1.54, 1.807) is 0 Å². The maximum Gasteiger partial charge on any atom is -0.147 e. The molecule has 0 radical (unpaired) electrons. The third kappa shape index (κ3) is 4.17. The van der Waals surface area contributed by atoms with Crippen LogP contribution >= 0.6 is 24.8 Å². The van der Waals surface area contributed by atoms with E-state index in [1.165, 1.54) is 9.45 Å². The Balaban J connectivity index is 0. The summed E-state index contributed by atoms with van der Waals surface area (Å²) in [6.07, 6.45) is 8.52. The first-order chi connectivity index (χ1) is 4.34. The van der Waals surface area contributed by atoms with Crippen LogP contribution in [-0.4, -0.2) is 0 Å². The van der Waals surface area contributed by atoms with E-state index < -0.39 is 0 Å². The molecular formula is C8H11Cl2Ti. The zero-order valence-electron chi connectivity index (χ0n) is 6.17. The van der Waals surface area contributed by atoms with Crippen molar-refractivity contribution in [1.82, 2.24) is 0 Å². The van der Waals surface area contributed by atoms with Crippen molar-refractivity contribution < 1.29 is 20.4 Å². The molecule has 1 rings (SSSR count). The van der Waals surface area contributed by atoms with Crippen LogP contribution in [0.3, 0.4) is 0 Å². The van der Waals surface area contributed by atoms with Crippen LogP contribution in [0.5, 0.6) is 0 Å². The second-order valence-corrected chi connectivity index (χ2v) is 3.05. The van der Waals surface area contributed by atoms with Crippen LogP contribution < -0.4 is 0 Å². The maximum atomic E-state index is 3.69. The van der Waals surface area contributed by atoms with Gasteiger partial charge < -0.3 is 0 Å². The fourth-order valence-corrected chi connectivity index (χ4v) is 1.37. The molecule has 0 aliphatic heterocycles. The van der Waals surface area contributed by atoms with Crippen LogP contribution in [0.25, 0.3) is 0 Å². The largest absolute Gasteiger partial charge is 0.147 e. The molecule has 0 saturated carbocycles. The first-order valence-corrected chi connectivity index (χ1v) is 3.83. The predicted molar refractivity (Wildman–Crippen MR) is 50.1 cm³/mol. The van der Waals surface area contributed by atoms with E-state index in [9.17, 15) is 0 Å². The topological polar surface area (TPSA) is 0 Å². The Morgan fingerprint density at radius 1 is 1.55 bits per heavy atom. The Morgan fingerprint density at radius 2 is 2.18 bits per heavy atom. The molecule has 11 heavy (non-hydrogen) atoms. The fourth-order valence-electron chi connectivity index (χ4n) is 0.897. The van der Waals surface area contributed by atoms with Crippen molar-refractivity contribution in [2.24, 2.45) is 0 Å². The minimum atomic E-state index is 0. The summed E-state index contributed by atoms with van der Waals surface area (Å²) in [5, 5.41) is 0. The molecule has 1 aliphatic rings. The van der Waals surface area contributed by atoms with E-state index in [-0.39, 0.29) is 24.8 Å². The van der Waals surface area contributed by atoms with Crippen LogP contribution in [0.15, 0.2) is 34.3 Å². The van der Waals surface area contributed by atoms with Crippen molar-refractivity contribution in [2.45, 2.75) is 12.8 Å². The van der Waals surface area contributed by atoms with Crippen molar-refractivity contribution in [3.8, 4) is 0 Å². The van der Waals surface area contributed by atoms with Crippen molar-refractivity contribution in [3.05, 3.63) is 34.3 Å². The monoisotopic (exact) mass is 225 g/mol. The summed E-state index contributed by atoms with van der Waals surface area (Å²) < 4.78 is 1.50. The summed E-state index contributed by atoms with van der Waals surface area (Å²) >= 11 is 2.18. The number of allylic oxidation sites excluding steroid dienone is 5. The van der Waals surface area contributed by atoms with Crippen LogP contribution in [0.4, 0.5) is 0 Å². The summed E-state index contributed by atoms with van der Waals surface area (Å²) in [4.78, 5) is 0. The molecule has 0 nitrogen and oxygen atoms in total. The van der Waals surface area contributed by atoms with Gasteiger partial charge in [0.25, 0.3) is 0 Å². The molecule has 0 bridgehead atoms. The number of hydrogen-bond acceptors (Lipinski definition) is 0. The van der Waals surface area contributed by atoms with Crippen molar-refractivity contribution in [2.75, 3.05) is 0 Å². The van der Waals surface area contributed by atoms with E-state index in [0.717, 1.165) is 12.8 Å². The standard InChI is InChI=1S/C8H9.2ClH.Ti/c1-2-5-8-6-3-4-7-8;;;/h2-3,6H,1,4-5H2;2*1H;. The first-order valence-electron chi connectivity index (χ1n) is 3.05. The van der Waals surface area contributed by atoms with Gasteiger partial charge in [-0.25, -0.2) is 0 Å². The summed E-state index contributed by atoms with van der Waals surface area (Å²) in [7, 11) is 0. The summed E-state index contributed by atoms with van der Waals surface area (Å²) in [5.41, 5.74) is 1.45. The Bertz CT molecular complexity index is 183. The normalized spacial score (nSPS) is 13.7. The Kier molecular flexibility index (Phi) is 9.18. The molecule has 0 aromatic rings. The summed E-state index contributed by atoms with van der Waals surface area (Å²) in [5.74, 6) is 0. The van der Waals surface area contributed by atoms with Gasteiger partial charge in [0.05, 0.1) is 0 Å². The van der Waals surface area contributed by atoms with E-state index in [0.29, 0.717) is 0 Å². The van der Waals surface area contributed by atoms with Crippen molar-refractivity contribution in [3.63, 3.8) is 0 Å². The van der Waals surface area contributed by atoms with Gasteiger partial charge in [-0.15, -0.1) is 24.8 Å². The molecule has 0 atom stereocenters. The predicted octanol–water partition coefficient (Wildman–Crippen LogP) is 3.17. The number of halogens is 2. The average Bonchev–Trinajstić information content (AvgIpc) is 2.18. The Labute approximate surface area is 92.1 Å². The maximum absolute atomic E-state index is 3.69. The summed E-state index contributed by atoms with van der Waals surface area (Å²) in [6.45, 7) is 3.69. The molecule has 0 N–H and O–H groups in total. The average molecular weight is 226 g/mol. The van der Waals surface area contributed by atoms with Crippen molar-refractivity contribution in [1.29, 1.82) is 0 Å². The molecule has 0 unspecified atom stereocenters. The van der Waals surface area contributed by atoms with Gasteiger partial charge in [-0.1, -0.05) is 0 Å². The van der Waals surface area contributed by atoms with Gasteiger partial charge in [0.1, 0.15) is 0 Å². The molecular weight excluding hydrogens is 215 g/mol. The van der Waals surface area contributed by atoms with Crippen LogP contribution in [-0.2, 0) is 20.4 Å². The Morgan fingerprint density at radius 3 is 2.55 bits per heavy atom. The third-order valence-electron chi connectivity index (χ3n) is 1.39. The van der Waals surface area contributed by atoms with E-state index >= 15 is 0 Å². The SMILES string of the molecule is C=CCC1=[C]([Ti])CC=C1.Cl.Cl. The van der Waals surface area contributed by atoms with Gasteiger partial charge in [0.15, 0.2) is 0 Å². The summed E-state index contributed by atoms with van der Waals surface area (Å²) in [6, 6.07) is 0. The molecule has 0 spiro atoms. The van der Waals surface area contributed by atoms with E-state index in [4.69, 9.17) is 0 Å². The van der Waals surface area contributed by atoms with Gasteiger partial charge in [-0.05, 0) is 0 Å². The molecule has 0 heterocycles. The zero-order chi connectivity index (χ0) is 6.69. The zero-order valence-corrected chi connectivity index (χ0v) is 9.36. The van der Waals surface area contributed by atoms with E-state index in [1.807, 2.05) is 6.08 Å². The number of hydrogen-bond donors (Lipinski definition) is 0. The molecule has 0 amide bonds. The van der Waals surface area contributed by atoms with Gasteiger partial charge >= 0.3 is 67.5 Å². The van der Waals surface area contributed by atoms with Crippen LogP contribution in [0.2, 0.25) is 0 Å². The van der Waals surface area contributed by atoms with Gasteiger partial charge in [-0.2, -0.15) is 0 Å². The first kappa shape index (κ1) is 14.1. The number of rotatable bonds is 2. The quantitative estimate of drug-likeness (QED) is 0.501. The van der Waals surface area contributed by atoms with Gasteiger partial charge in [0, 0.05) is 0 Å². The Hall–Kier alpha value is 0.514. The minimum absolute atomic E-state index is 0. The van der Waals surface area contributed by atoms with Gasteiger partial charge in [0.2, 0.25) is 0 Å². The molecule has 3 heteroatoms. The molecule has 0 aromatic carbocycles. The third-order valence-corrected chi connectivity index (χ3v) is 2.21. The smallest absolute Gasteiger partial charge is 0.147 e. The molecule has 61 valence electrons. The van der Waals surface area contributed by atoms with Crippen LogP contribution in [0.1, 0.15) is 12.8 Å². The fraction of sp³-hybridized carbons (Fsp3) is 0.250. The molecule has 0 fully saturated rings. The van der Waals surface area contributed by atoms with Crippen LogP contribution in [0, 0.1) is 0 Å². The second-order valence-electron chi connectivity index (χ2n) is 2.10. The molecule has 1 aliphatic carbocycles. The van der Waals surface area contributed by atoms with E-state index in [2.05, 4.69) is 39.2 Å². The van der Waals surface area contributed by atoms with Gasteiger partial charge in [-0.3, -0.25) is 0 Å².